The number of aromatic nitrogens is 2. The van der Waals surface area contributed by atoms with Crippen molar-refractivity contribution < 1.29 is 13.2 Å². The van der Waals surface area contributed by atoms with Gasteiger partial charge in [-0.2, -0.15) is 22.5 Å². The maximum atomic E-state index is 12.6. The molecular weight excluding hydrogens is 289 g/mol. The first-order chi connectivity index (χ1) is 9.50. The predicted molar refractivity (Wildman–Crippen MR) is 73.1 cm³/mol. The maximum Gasteiger partial charge on any atom is 0.452 e. The molecule has 0 radical (unpaired) electrons. The predicted octanol–water partition coefficient (Wildman–Crippen LogP) is 2.92. The topological polar surface area (TPSA) is 41.0 Å². The van der Waals surface area contributed by atoms with E-state index in [1.54, 1.807) is 0 Å². The van der Waals surface area contributed by atoms with Crippen molar-refractivity contribution in [1.82, 2.24) is 14.7 Å². The Hall–Kier alpha value is -0.890. The molecule has 20 heavy (non-hydrogen) atoms. The minimum atomic E-state index is -4.46. The zero-order valence-electron chi connectivity index (χ0n) is 11.4. The number of nitrogens with one attached hydrogen (secondary N) is 1. The van der Waals surface area contributed by atoms with Gasteiger partial charge in [-0.3, -0.25) is 0 Å². The summed E-state index contributed by atoms with van der Waals surface area (Å²) in [6.07, 6.45) is -0.340. The second kappa shape index (κ2) is 6.71. The molecule has 0 saturated carbocycles. The molecule has 1 atom stereocenters. The Labute approximate surface area is 120 Å². The molecular formula is C12H19F3N4S. The quantitative estimate of drug-likeness (QED) is 0.877. The van der Waals surface area contributed by atoms with Crippen LogP contribution < -0.4 is 10.2 Å². The van der Waals surface area contributed by atoms with Crippen molar-refractivity contribution in [3.05, 3.63) is 5.82 Å². The molecule has 1 unspecified atom stereocenters. The van der Waals surface area contributed by atoms with Gasteiger partial charge >= 0.3 is 6.18 Å². The van der Waals surface area contributed by atoms with Gasteiger partial charge in [0.05, 0.1) is 0 Å². The number of halogens is 3. The molecule has 2 rings (SSSR count). The van der Waals surface area contributed by atoms with Gasteiger partial charge in [-0.25, -0.2) is 0 Å². The van der Waals surface area contributed by atoms with Crippen LogP contribution in [0.2, 0.25) is 0 Å². The lowest BCUT2D eigenvalue weighted by molar-refractivity contribution is -0.144. The summed E-state index contributed by atoms with van der Waals surface area (Å²) in [7, 11) is 0. The van der Waals surface area contributed by atoms with Crippen molar-refractivity contribution in [2.24, 2.45) is 0 Å². The molecule has 1 aromatic rings. The fourth-order valence-corrected chi connectivity index (χ4v) is 2.97. The van der Waals surface area contributed by atoms with Crippen molar-refractivity contribution in [2.75, 3.05) is 24.5 Å². The molecule has 0 bridgehead atoms. The van der Waals surface area contributed by atoms with Crippen LogP contribution in [-0.2, 0) is 6.18 Å². The van der Waals surface area contributed by atoms with Gasteiger partial charge in [0.15, 0.2) is 0 Å². The molecule has 1 aromatic heterocycles. The van der Waals surface area contributed by atoms with Crippen LogP contribution >= 0.6 is 11.5 Å². The third kappa shape index (κ3) is 4.05. The van der Waals surface area contributed by atoms with Crippen LogP contribution in [0.5, 0.6) is 0 Å². The molecule has 0 aliphatic carbocycles. The van der Waals surface area contributed by atoms with E-state index in [1.165, 1.54) is 0 Å². The first-order valence-corrected chi connectivity index (χ1v) is 7.67. The average Bonchev–Trinajstić information content (AvgIpc) is 3.04. The molecule has 1 aliphatic heterocycles. The van der Waals surface area contributed by atoms with E-state index < -0.39 is 12.0 Å². The first-order valence-electron chi connectivity index (χ1n) is 6.90. The van der Waals surface area contributed by atoms with Crippen LogP contribution in [0.1, 0.15) is 38.4 Å². The number of anilines is 1. The Morgan fingerprint density at radius 1 is 1.45 bits per heavy atom. The largest absolute Gasteiger partial charge is 0.452 e. The number of alkyl halides is 3. The number of hydrogen-bond donors (Lipinski definition) is 1. The summed E-state index contributed by atoms with van der Waals surface area (Å²) >= 11 is 0.835. The van der Waals surface area contributed by atoms with Gasteiger partial charge in [-0.15, -0.1) is 0 Å². The third-order valence-corrected chi connectivity index (χ3v) is 4.10. The first kappa shape index (κ1) is 15.5. The maximum absolute atomic E-state index is 12.6. The van der Waals surface area contributed by atoms with Gasteiger partial charge in [0.25, 0.3) is 0 Å². The molecule has 0 spiro atoms. The van der Waals surface area contributed by atoms with E-state index in [0.29, 0.717) is 17.7 Å². The Kier molecular flexibility index (Phi) is 5.20. The lowest BCUT2D eigenvalue weighted by atomic mass is 10.2. The molecule has 0 aromatic carbocycles. The van der Waals surface area contributed by atoms with Crippen molar-refractivity contribution in [2.45, 2.75) is 44.8 Å². The molecule has 1 fully saturated rings. The summed E-state index contributed by atoms with van der Waals surface area (Å²) in [5.74, 6) is -1.03. The number of unbranched alkanes of at least 4 members (excludes halogenated alkanes) is 1. The van der Waals surface area contributed by atoms with E-state index in [2.05, 4.69) is 21.6 Å². The Morgan fingerprint density at radius 3 is 2.80 bits per heavy atom. The van der Waals surface area contributed by atoms with Crippen LogP contribution in [0.4, 0.5) is 18.3 Å². The molecule has 1 saturated heterocycles. The van der Waals surface area contributed by atoms with Crippen LogP contribution in [0, 0.1) is 0 Å². The Balaban J connectivity index is 2.06. The minimum Gasteiger partial charge on any atom is -0.345 e. The fourth-order valence-electron chi connectivity index (χ4n) is 2.25. The second-order valence-corrected chi connectivity index (χ2v) is 5.72. The summed E-state index contributed by atoms with van der Waals surface area (Å²) in [5, 5.41) is 3.74. The fraction of sp³-hybridized carbons (Fsp3) is 0.833. The van der Waals surface area contributed by atoms with Crippen molar-refractivity contribution in [3.8, 4) is 0 Å². The van der Waals surface area contributed by atoms with Crippen LogP contribution in [-0.4, -0.2) is 35.0 Å². The van der Waals surface area contributed by atoms with Gasteiger partial charge in [-0.05, 0) is 25.8 Å². The van der Waals surface area contributed by atoms with E-state index in [9.17, 15) is 13.2 Å². The third-order valence-electron chi connectivity index (χ3n) is 3.32. The monoisotopic (exact) mass is 308 g/mol. The summed E-state index contributed by atoms with van der Waals surface area (Å²) in [5.41, 5.74) is 0. The molecule has 4 nitrogen and oxygen atoms in total. The molecule has 114 valence electrons. The zero-order valence-corrected chi connectivity index (χ0v) is 12.2. The number of nitrogens with zero attached hydrogens (tertiary/aromatic N) is 3. The normalized spacial score (nSPS) is 19.5. The van der Waals surface area contributed by atoms with Crippen molar-refractivity contribution >= 4 is 16.7 Å². The van der Waals surface area contributed by atoms with Gasteiger partial charge < -0.3 is 10.2 Å². The molecule has 1 aliphatic rings. The summed E-state index contributed by atoms with van der Waals surface area (Å²) in [6.45, 7) is 4.47. The summed E-state index contributed by atoms with van der Waals surface area (Å²) in [6, 6.07) is 0.338. The van der Waals surface area contributed by atoms with Crippen LogP contribution in [0.15, 0.2) is 0 Å². The minimum absolute atomic E-state index is 0.338. The van der Waals surface area contributed by atoms with Gasteiger partial charge in [0, 0.05) is 30.7 Å². The molecule has 2 heterocycles. The van der Waals surface area contributed by atoms with E-state index >= 15 is 0 Å². The Bertz CT molecular complexity index is 415. The van der Waals surface area contributed by atoms with Gasteiger partial charge in [0.2, 0.25) is 11.0 Å². The zero-order chi connectivity index (χ0) is 14.6. The van der Waals surface area contributed by atoms with E-state index in [4.69, 9.17) is 0 Å². The lowest BCUT2D eigenvalue weighted by Crippen LogP contribution is -2.38. The van der Waals surface area contributed by atoms with E-state index in [1.807, 2.05) is 4.90 Å². The number of rotatable bonds is 6. The van der Waals surface area contributed by atoms with Crippen LogP contribution in [0.25, 0.3) is 0 Å². The van der Waals surface area contributed by atoms with Crippen LogP contribution in [0.3, 0.4) is 0 Å². The standard InChI is InChI=1S/C12H19F3N4S/c1-2-3-7-19(8-9-5-4-6-16-9)11-17-10(18-20-11)12(13,14)15/h9,16H,2-8H2,1H3. The van der Waals surface area contributed by atoms with Crippen molar-refractivity contribution in [1.29, 1.82) is 0 Å². The lowest BCUT2D eigenvalue weighted by Gasteiger charge is -2.24. The highest BCUT2D eigenvalue weighted by Gasteiger charge is 2.36. The van der Waals surface area contributed by atoms with E-state index in [-0.39, 0.29) is 0 Å². The summed E-state index contributed by atoms with van der Waals surface area (Å²) < 4.78 is 41.2. The Morgan fingerprint density at radius 2 is 2.25 bits per heavy atom. The molecule has 0 amide bonds. The highest BCUT2D eigenvalue weighted by atomic mass is 32.1. The molecule has 8 heteroatoms. The highest BCUT2D eigenvalue weighted by Crippen LogP contribution is 2.30. The number of hydrogen-bond acceptors (Lipinski definition) is 5. The SMILES string of the molecule is CCCCN(CC1CCCN1)c1nc(C(F)(F)F)ns1. The average molecular weight is 308 g/mol. The van der Waals surface area contributed by atoms with Gasteiger partial charge in [-0.1, -0.05) is 13.3 Å². The van der Waals surface area contributed by atoms with E-state index in [0.717, 1.165) is 50.3 Å². The smallest absolute Gasteiger partial charge is 0.345 e. The summed E-state index contributed by atoms with van der Waals surface area (Å²) in [4.78, 5) is 5.59. The second-order valence-electron chi connectivity index (χ2n) is 4.99. The van der Waals surface area contributed by atoms with Gasteiger partial charge in [0.1, 0.15) is 0 Å². The highest BCUT2D eigenvalue weighted by molar-refractivity contribution is 7.09. The van der Waals surface area contributed by atoms with Crippen molar-refractivity contribution in [3.63, 3.8) is 0 Å². The molecule has 1 N–H and O–H groups in total.